The number of amides is 1. The number of ketones is 1. The van der Waals surface area contributed by atoms with Gasteiger partial charge in [-0.05, 0) is 42.0 Å². The van der Waals surface area contributed by atoms with Gasteiger partial charge in [0.2, 0.25) is 0 Å². The van der Waals surface area contributed by atoms with Crippen LogP contribution in [0.25, 0.3) is 5.76 Å². The van der Waals surface area contributed by atoms with Gasteiger partial charge in [-0.2, -0.15) is 0 Å². The quantitative estimate of drug-likeness (QED) is 0.326. The predicted octanol–water partition coefficient (Wildman–Crippen LogP) is 3.73. The van der Waals surface area contributed by atoms with Crippen LogP contribution in [0, 0.1) is 0 Å². The van der Waals surface area contributed by atoms with Gasteiger partial charge in [-0.1, -0.05) is 18.2 Å². The van der Waals surface area contributed by atoms with Crippen molar-refractivity contribution < 1.29 is 28.9 Å². The zero-order valence-corrected chi connectivity index (χ0v) is 19.0. The normalized spacial score (nSPS) is 17.0. The average molecular weight is 460 g/mol. The summed E-state index contributed by atoms with van der Waals surface area (Å²) < 4.78 is 15.9. The van der Waals surface area contributed by atoms with Crippen LogP contribution in [0.2, 0.25) is 0 Å². The molecule has 1 aliphatic rings. The van der Waals surface area contributed by atoms with Crippen molar-refractivity contribution in [1.82, 2.24) is 9.88 Å². The van der Waals surface area contributed by atoms with Crippen LogP contribution < -0.4 is 14.2 Å². The summed E-state index contributed by atoms with van der Waals surface area (Å²) in [5.41, 5.74) is 1.43. The first-order valence-corrected chi connectivity index (χ1v) is 10.5. The Morgan fingerprint density at radius 2 is 1.71 bits per heavy atom. The van der Waals surface area contributed by atoms with Gasteiger partial charge >= 0.3 is 0 Å². The molecule has 2 aromatic carbocycles. The van der Waals surface area contributed by atoms with Gasteiger partial charge in [0.1, 0.15) is 29.0 Å². The number of Topliss-reactive ketones (excluding diaryl/α,β-unsaturated/α-hetero) is 1. The summed E-state index contributed by atoms with van der Waals surface area (Å²) in [6.45, 7) is 0.125. The molecular weight excluding hydrogens is 436 g/mol. The molecule has 4 rings (SSSR count). The highest BCUT2D eigenvalue weighted by molar-refractivity contribution is 6.46. The van der Waals surface area contributed by atoms with Gasteiger partial charge in [-0.3, -0.25) is 14.6 Å². The number of hydrogen-bond acceptors (Lipinski definition) is 7. The molecule has 1 N–H and O–H groups in total. The van der Waals surface area contributed by atoms with Crippen LogP contribution in [-0.2, 0) is 16.1 Å². The minimum absolute atomic E-state index is 0.0601. The third-order valence-corrected chi connectivity index (χ3v) is 5.66. The highest BCUT2D eigenvalue weighted by Gasteiger charge is 2.47. The number of nitrogens with zero attached hydrogens (tertiary/aromatic N) is 2. The van der Waals surface area contributed by atoms with Crippen molar-refractivity contribution in [3.8, 4) is 17.2 Å². The molecule has 1 fully saturated rings. The Hall–Kier alpha value is -4.33. The molecule has 0 spiro atoms. The molecule has 1 unspecified atom stereocenters. The third kappa shape index (κ3) is 4.17. The Kier molecular flexibility index (Phi) is 6.49. The second kappa shape index (κ2) is 9.66. The van der Waals surface area contributed by atoms with Crippen LogP contribution >= 0.6 is 0 Å². The van der Waals surface area contributed by atoms with Gasteiger partial charge in [0, 0.05) is 18.8 Å². The number of hydrogen-bond donors (Lipinski definition) is 1. The zero-order valence-electron chi connectivity index (χ0n) is 19.0. The standard InChI is InChI=1S/C26H24N2O6/c1-32-17-8-6-7-16(13-17)15-28-23(20-9-4-5-12-27-20)22(25(30)26(28)31)24(29)19-11-10-18(33-2)14-21(19)34-3/h4-14,23,29H,15H2,1-3H3/b24-22-. The molecule has 1 saturated heterocycles. The van der Waals surface area contributed by atoms with E-state index in [4.69, 9.17) is 14.2 Å². The molecule has 3 aromatic rings. The Morgan fingerprint density at radius 3 is 2.38 bits per heavy atom. The van der Waals surface area contributed by atoms with E-state index in [0.29, 0.717) is 22.9 Å². The van der Waals surface area contributed by atoms with Crippen molar-refractivity contribution >= 4 is 17.4 Å². The fourth-order valence-electron chi connectivity index (χ4n) is 4.00. The number of aliphatic hydroxyl groups is 1. The van der Waals surface area contributed by atoms with Crippen molar-refractivity contribution in [2.24, 2.45) is 0 Å². The molecule has 8 heteroatoms. The lowest BCUT2D eigenvalue weighted by Gasteiger charge is -2.25. The fourth-order valence-corrected chi connectivity index (χ4v) is 4.00. The van der Waals surface area contributed by atoms with Crippen molar-refractivity contribution in [3.05, 3.63) is 89.3 Å². The van der Waals surface area contributed by atoms with E-state index < -0.39 is 17.7 Å². The SMILES string of the molecule is COc1cccc(CN2C(=O)C(=O)/C(=C(\O)c3ccc(OC)cc3OC)C2c2ccccn2)c1. The van der Waals surface area contributed by atoms with E-state index in [1.54, 1.807) is 61.8 Å². The minimum Gasteiger partial charge on any atom is -0.507 e. The van der Waals surface area contributed by atoms with Crippen LogP contribution in [-0.4, -0.2) is 48.0 Å². The largest absolute Gasteiger partial charge is 0.507 e. The highest BCUT2D eigenvalue weighted by Crippen LogP contribution is 2.41. The number of aliphatic hydroxyl groups excluding tert-OH is 1. The minimum atomic E-state index is -0.890. The van der Waals surface area contributed by atoms with E-state index >= 15 is 0 Å². The lowest BCUT2D eigenvalue weighted by atomic mass is 9.97. The number of likely N-dealkylation sites (tertiary alicyclic amines) is 1. The number of ether oxygens (including phenoxy) is 3. The van der Waals surface area contributed by atoms with Gasteiger partial charge < -0.3 is 24.2 Å². The summed E-state index contributed by atoms with van der Waals surface area (Å²) in [4.78, 5) is 32.2. The molecule has 1 aliphatic heterocycles. The van der Waals surface area contributed by atoms with Gasteiger partial charge in [0.05, 0.1) is 38.2 Å². The Labute approximate surface area is 197 Å². The van der Waals surface area contributed by atoms with E-state index in [2.05, 4.69) is 4.98 Å². The monoisotopic (exact) mass is 460 g/mol. The summed E-state index contributed by atoms with van der Waals surface area (Å²) in [7, 11) is 4.52. The molecule has 1 atom stereocenters. The number of methoxy groups -OCH3 is 3. The molecule has 174 valence electrons. The van der Waals surface area contributed by atoms with Crippen molar-refractivity contribution in [2.75, 3.05) is 21.3 Å². The van der Waals surface area contributed by atoms with E-state index in [1.165, 1.54) is 19.1 Å². The summed E-state index contributed by atoms with van der Waals surface area (Å²) >= 11 is 0. The molecule has 0 aliphatic carbocycles. The predicted molar refractivity (Wildman–Crippen MR) is 125 cm³/mol. The maximum absolute atomic E-state index is 13.2. The van der Waals surface area contributed by atoms with E-state index in [0.717, 1.165) is 5.56 Å². The fraction of sp³-hybridized carbons (Fsp3) is 0.192. The first-order chi connectivity index (χ1) is 16.5. The van der Waals surface area contributed by atoms with Crippen molar-refractivity contribution in [3.63, 3.8) is 0 Å². The number of aromatic nitrogens is 1. The van der Waals surface area contributed by atoms with Gasteiger partial charge in [0.25, 0.3) is 11.7 Å². The number of benzene rings is 2. The molecule has 34 heavy (non-hydrogen) atoms. The lowest BCUT2D eigenvalue weighted by molar-refractivity contribution is -0.140. The van der Waals surface area contributed by atoms with Crippen molar-refractivity contribution in [1.29, 1.82) is 0 Å². The summed E-state index contributed by atoms with van der Waals surface area (Å²) in [6, 6.07) is 16.4. The van der Waals surface area contributed by atoms with Gasteiger partial charge in [-0.25, -0.2) is 0 Å². The van der Waals surface area contributed by atoms with Crippen LogP contribution in [0.15, 0.2) is 72.4 Å². The topological polar surface area (TPSA) is 98.2 Å². The Balaban J connectivity index is 1.86. The van der Waals surface area contributed by atoms with E-state index in [9.17, 15) is 14.7 Å². The highest BCUT2D eigenvalue weighted by atomic mass is 16.5. The van der Waals surface area contributed by atoms with Crippen LogP contribution in [0.1, 0.15) is 22.9 Å². The van der Waals surface area contributed by atoms with E-state index in [1.807, 2.05) is 12.1 Å². The molecular formula is C26H24N2O6. The number of carbonyl (C=O) groups is 2. The molecule has 2 heterocycles. The second-order valence-electron chi connectivity index (χ2n) is 7.60. The molecule has 0 bridgehead atoms. The van der Waals surface area contributed by atoms with Gasteiger partial charge in [0.15, 0.2) is 0 Å². The first kappa shape index (κ1) is 22.8. The number of carbonyl (C=O) groups excluding carboxylic acids is 2. The average Bonchev–Trinajstić information content (AvgIpc) is 3.13. The smallest absolute Gasteiger partial charge is 0.296 e. The van der Waals surface area contributed by atoms with Crippen LogP contribution in [0.4, 0.5) is 0 Å². The second-order valence-corrected chi connectivity index (χ2v) is 7.60. The summed E-state index contributed by atoms with van der Waals surface area (Å²) in [6.07, 6.45) is 1.58. The Morgan fingerprint density at radius 1 is 0.941 bits per heavy atom. The first-order valence-electron chi connectivity index (χ1n) is 10.5. The zero-order chi connectivity index (χ0) is 24.2. The number of pyridine rings is 1. The summed E-state index contributed by atoms with van der Waals surface area (Å²) in [5.74, 6) is -0.418. The maximum Gasteiger partial charge on any atom is 0.296 e. The number of rotatable bonds is 7. The molecule has 0 radical (unpaired) electrons. The Bertz CT molecular complexity index is 1260. The molecule has 1 aromatic heterocycles. The molecule has 1 amide bonds. The summed E-state index contributed by atoms with van der Waals surface area (Å²) in [5, 5.41) is 11.3. The van der Waals surface area contributed by atoms with Crippen molar-refractivity contribution in [2.45, 2.75) is 12.6 Å². The van der Waals surface area contributed by atoms with Crippen LogP contribution in [0.5, 0.6) is 17.2 Å². The maximum atomic E-state index is 13.2. The van der Waals surface area contributed by atoms with E-state index in [-0.39, 0.29) is 23.4 Å². The van der Waals surface area contributed by atoms with Gasteiger partial charge in [-0.15, -0.1) is 0 Å². The molecule has 8 nitrogen and oxygen atoms in total. The molecule has 0 saturated carbocycles. The lowest BCUT2D eigenvalue weighted by Crippen LogP contribution is -2.29. The van der Waals surface area contributed by atoms with Crippen LogP contribution in [0.3, 0.4) is 0 Å². The third-order valence-electron chi connectivity index (χ3n) is 5.66.